The van der Waals surface area contributed by atoms with E-state index >= 15 is 0 Å². The summed E-state index contributed by atoms with van der Waals surface area (Å²) in [5, 5.41) is 0. The van der Waals surface area contributed by atoms with Gasteiger partial charge in [-0.15, -0.1) is 0 Å². The number of nitrogens with zero attached hydrogens (tertiary/aromatic N) is 3. The predicted octanol–water partition coefficient (Wildman–Crippen LogP) is 0.744. The highest BCUT2D eigenvalue weighted by atomic mass is 16.2. The van der Waals surface area contributed by atoms with Gasteiger partial charge in [0.2, 0.25) is 5.91 Å². The van der Waals surface area contributed by atoms with Crippen LogP contribution in [-0.4, -0.2) is 79.5 Å². The minimum Gasteiger partial charge on any atom is -0.339 e. The maximum atomic E-state index is 12.5. The van der Waals surface area contributed by atoms with Gasteiger partial charge >= 0.3 is 0 Å². The summed E-state index contributed by atoms with van der Waals surface area (Å²) >= 11 is 0. The molecule has 0 aromatic rings. The van der Waals surface area contributed by atoms with E-state index in [1.807, 2.05) is 4.90 Å². The Morgan fingerprint density at radius 3 is 2.19 bits per heavy atom. The Labute approximate surface area is 129 Å². The van der Waals surface area contributed by atoms with Gasteiger partial charge in [0, 0.05) is 38.3 Å². The van der Waals surface area contributed by atoms with Gasteiger partial charge in [-0.2, -0.15) is 0 Å². The fourth-order valence-electron chi connectivity index (χ4n) is 3.65. The Balaban J connectivity index is 1.92. The smallest absolute Gasteiger partial charge is 0.236 e. The topological polar surface area (TPSA) is 52.8 Å². The van der Waals surface area contributed by atoms with Crippen LogP contribution in [0.3, 0.4) is 0 Å². The molecule has 2 rings (SSSR count). The number of carbonyl (C=O) groups is 1. The SMILES string of the molecule is CN1CCN(C(=O)CN(C)C2(CN)CCCCCC2)CC1. The zero-order chi connectivity index (χ0) is 15.3. The molecule has 21 heavy (non-hydrogen) atoms. The van der Waals surface area contributed by atoms with E-state index in [1.165, 1.54) is 25.7 Å². The zero-order valence-electron chi connectivity index (χ0n) is 13.8. The van der Waals surface area contributed by atoms with Gasteiger partial charge in [0.1, 0.15) is 0 Å². The highest BCUT2D eigenvalue weighted by Gasteiger charge is 2.35. The highest BCUT2D eigenvalue weighted by molar-refractivity contribution is 5.78. The first-order valence-corrected chi connectivity index (χ1v) is 8.45. The molecule has 0 spiro atoms. The van der Waals surface area contributed by atoms with E-state index in [0.717, 1.165) is 39.0 Å². The van der Waals surface area contributed by atoms with E-state index in [4.69, 9.17) is 5.73 Å². The third kappa shape index (κ3) is 4.18. The maximum Gasteiger partial charge on any atom is 0.236 e. The Morgan fingerprint density at radius 2 is 1.67 bits per heavy atom. The van der Waals surface area contributed by atoms with Gasteiger partial charge < -0.3 is 15.5 Å². The fourth-order valence-corrected chi connectivity index (χ4v) is 3.65. The second kappa shape index (κ2) is 7.56. The molecule has 122 valence electrons. The van der Waals surface area contributed by atoms with Crippen molar-refractivity contribution in [1.82, 2.24) is 14.7 Å². The van der Waals surface area contributed by atoms with Crippen LogP contribution in [0.15, 0.2) is 0 Å². The van der Waals surface area contributed by atoms with Gasteiger partial charge in [0.25, 0.3) is 0 Å². The maximum absolute atomic E-state index is 12.5. The van der Waals surface area contributed by atoms with Crippen molar-refractivity contribution >= 4 is 5.91 Å². The second-order valence-electron chi connectivity index (χ2n) is 6.88. The molecule has 1 aliphatic carbocycles. The molecule has 1 amide bonds. The molecule has 1 heterocycles. The van der Waals surface area contributed by atoms with Crippen LogP contribution in [0.4, 0.5) is 0 Å². The first-order chi connectivity index (χ1) is 10.1. The minimum atomic E-state index is 0.0404. The van der Waals surface area contributed by atoms with Crippen molar-refractivity contribution in [1.29, 1.82) is 0 Å². The molecule has 1 aliphatic heterocycles. The number of amides is 1. The molecule has 5 heteroatoms. The van der Waals surface area contributed by atoms with E-state index in [-0.39, 0.29) is 11.4 Å². The molecular formula is C16H32N4O. The summed E-state index contributed by atoms with van der Waals surface area (Å²) in [6, 6.07) is 0. The quantitative estimate of drug-likeness (QED) is 0.778. The Kier molecular flexibility index (Phi) is 6.02. The predicted molar refractivity (Wildman–Crippen MR) is 86.2 cm³/mol. The van der Waals surface area contributed by atoms with E-state index in [2.05, 4.69) is 23.9 Å². The van der Waals surface area contributed by atoms with Crippen molar-refractivity contribution in [3.8, 4) is 0 Å². The second-order valence-corrected chi connectivity index (χ2v) is 6.88. The molecule has 2 aliphatic rings. The van der Waals surface area contributed by atoms with Crippen LogP contribution in [0.5, 0.6) is 0 Å². The zero-order valence-corrected chi connectivity index (χ0v) is 13.8. The number of nitrogens with two attached hydrogens (primary N) is 1. The van der Waals surface area contributed by atoms with Gasteiger partial charge in [-0.05, 0) is 26.9 Å². The van der Waals surface area contributed by atoms with Gasteiger partial charge in [-0.1, -0.05) is 25.7 Å². The summed E-state index contributed by atoms with van der Waals surface area (Å²) in [5.41, 5.74) is 6.15. The molecule has 2 fully saturated rings. The van der Waals surface area contributed by atoms with Crippen molar-refractivity contribution in [2.75, 3.05) is 53.4 Å². The number of likely N-dealkylation sites (N-methyl/N-ethyl adjacent to an activating group) is 2. The van der Waals surface area contributed by atoms with Gasteiger partial charge in [-0.25, -0.2) is 0 Å². The number of piperazine rings is 1. The van der Waals surface area contributed by atoms with E-state index in [0.29, 0.717) is 13.1 Å². The average Bonchev–Trinajstić information content (AvgIpc) is 2.74. The van der Waals surface area contributed by atoms with Gasteiger partial charge in [-0.3, -0.25) is 9.69 Å². The Hall–Kier alpha value is -0.650. The van der Waals surface area contributed by atoms with Crippen molar-refractivity contribution in [3.05, 3.63) is 0 Å². The molecule has 0 aromatic carbocycles. The third-order valence-corrected chi connectivity index (χ3v) is 5.45. The van der Waals surface area contributed by atoms with Crippen LogP contribution in [0.25, 0.3) is 0 Å². The summed E-state index contributed by atoms with van der Waals surface area (Å²) in [4.78, 5) is 19.1. The largest absolute Gasteiger partial charge is 0.339 e. The summed E-state index contributed by atoms with van der Waals surface area (Å²) in [7, 11) is 4.20. The summed E-state index contributed by atoms with van der Waals surface area (Å²) in [5.74, 6) is 0.266. The lowest BCUT2D eigenvalue weighted by atomic mass is 9.88. The third-order valence-electron chi connectivity index (χ3n) is 5.45. The van der Waals surface area contributed by atoms with Crippen LogP contribution < -0.4 is 5.73 Å². The first kappa shape index (κ1) is 16.7. The molecule has 0 unspecified atom stereocenters. The van der Waals surface area contributed by atoms with E-state index in [9.17, 15) is 4.79 Å². The number of hydrogen-bond donors (Lipinski definition) is 1. The van der Waals surface area contributed by atoms with Crippen molar-refractivity contribution in [2.24, 2.45) is 5.73 Å². The average molecular weight is 296 g/mol. The summed E-state index contributed by atoms with van der Waals surface area (Å²) in [6.45, 7) is 4.87. The summed E-state index contributed by atoms with van der Waals surface area (Å²) < 4.78 is 0. The van der Waals surface area contributed by atoms with Crippen LogP contribution in [-0.2, 0) is 4.79 Å². The lowest BCUT2D eigenvalue weighted by Crippen LogP contribution is -2.56. The number of carbonyl (C=O) groups excluding carboxylic acids is 1. The Morgan fingerprint density at radius 1 is 1.10 bits per heavy atom. The lowest BCUT2D eigenvalue weighted by molar-refractivity contribution is -0.135. The molecule has 5 nitrogen and oxygen atoms in total. The van der Waals surface area contributed by atoms with Crippen molar-refractivity contribution in [3.63, 3.8) is 0 Å². The van der Waals surface area contributed by atoms with Crippen LogP contribution in [0.2, 0.25) is 0 Å². The molecular weight excluding hydrogens is 264 g/mol. The normalized spacial score (nSPS) is 24.1. The molecule has 1 saturated carbocycles. The molecule has 0 aromatic heterocycles. The highest BCUT2D eigenvalue weighted by Crippen LogP contribution is 2.31. The molecule has 0 atom stereocenters. The van der Waals surface area contributed by atoms with Crippen LogP contribution in [0.1, 0.15) is 38.5 Å². The number of hydrogen-bond acceptors (Lipinski definition) is 4. The standard InChI is InChI=1S/C16H32N4O/c1-18-9-11-20(12-10-18)15(21)13-19(2)16(14-17)7-5-3-4-6-8-16/h3-14,17H2,1-2H3. The monoisotopic (exact) mass is 296 g/mol. The van der Waals surface area contributed by atoms with E-state index < -0.39 is 0 Å². The Bertz CT molecular complexity index is 331. The van der Waals surface area contributed by atoms with E-state index in [1.54, 1.807) is 0 Å². The molecule has 1 saturated heterocycles. The van der Waals surface area contributed by atoms with Crippen LogP contribution in [0, 0.1) is 0 Å². The minimum absolute atomic E-state index is 0.0404. The molecule has 2 N–H and O–H groups in total. The van der Waals surface area contributed by atoms with Crippen molar-refractivity contribution in [2.45, 2.75) is 44.1 Å². The molecule has 0 radical (unpaired) electrons. The fraction of sp³-hybridized carbons (Fsp3) is 0.938. The number of rotatable bonds is 4. The van der Waals surface area contributed by atoms with Crippen LogP contribution >= 0.6 is 0 Å². The lowest BCUT2D eigenvalue weighted by Gasteiger charge is -2.42. The van der Waals surface area contributed by atoms with Gasteiger partial charge in [0.15, 0.2) is 0 Å². The van der Waals surface area contributed by atoms with Gasteiger partial charge in [0.05, 0.1) is 6.54 Å². The first-order valence-electron chi connectivity index (χ1n) is 8.45. The molecule has 0 bridgehead atoms. The summed E-state index contributed by atoms with van der Waals surface area (Å²) in [6.07, 6.45) is 7.37. The van der Waals surface area contributed by atoms with Crippen molar-refractivity contribution < 1.29 is 4.79 Å².